The zero-order valence-corrected chi connectivity index (χ0v) is 17.3. The summed E-state index contributed by atoms with van der Waals surface area (Å²) in [7, 11) is 1.70. The van der Waals surface area contributed by atoms with Gasteiger partial charge in [-0.25, -0.2) is 4.79 Å². The maximum Gasteiger partial charge on any atom is 0.349 e. The first kappa shape index (κ1) is 21.2. The minimum Gasteiger partial charge on any atom is -0.503 e. The first-order valence-corrected chi connectivity index (χ1v) is 9.83. The molecule has 0 fully saturated rings. The Morgan fingerprint density at radius 1 is 1.17 bits per heavy atom. The van der Waals surface area contributed by atoms with E-state index in [9.17, 15) is 19.5 Å². The van der Waals surface area contributed by atoms with Crippen molar-refractivity contribution in [3.8, 4) is 5.75 Å². The highest BCUT2D eigenvalue weighted by Gasteiger charge is 2.15. The van der Waals surface area contributed by atoms with Crippen LogP contribution in [-0.2, 0) is 13.5 Å². The van der Waals surface area contributed by atoms with E-state index in [-0.39, 0.29) is 17.9 Å². The summed E-state index contributed by atoms with van der Waals surface area (Å²) in [6.07, 6.45) is 1.69. The number of carbonyl (C=O) groups excluding carboxylic acids is 1. The smallest absolute Gasteiger partial charge is 0.349 e. The largest absolute Gasteiger partial charge is 0.503 e. The third-order valence-corrected chi connectivity index (χ3v) is 5.08. The Bertz CT molecular complexity index is 1190. The molecule has 0 unspecified atom stereocenters. The first-order valence-electron chi connectivity index (χ1n) is 9.83. The van der Waals surface area contributed by atoms with E-state index in [2.05, 4.69) is 10.2 Å². The van der Waals surface area contributed by atoms with Crippen molar-refractivity contribution in [3.63, 3.8) is 0 Å². The van der Waals surface area contributed by atoms with Gasteiger partial charge in [0, 0.05) is 68.2 Å². The zero-order chi connectivity index (χ0) is 21.8. The summed E-state index contributed by atoms with van der Waals surface area (Å²) in [5.74, 6) is -0.870. The summed E-state index contributed by atoms with van der Waals surface area (Å²) in [6, 6.07) is 8.41. The van der Waals surface area contributed by atoms with Crippen LogP contribution < -0.4 is 21.3 Å². The molecular weight excluding hydrogens is 386 g/mol. The Kier molecular flexibility index (Phi) is 6.25. The second-order valence-electron chi connectivity index (χ2n) is 6.97. The number of hydrogen-bond acceptors (Lipinski definition) is 6. The molecule has 0 aliphatic carbocycles. The number of pyridine rings is 1. The Labute approximate surface area is 173 Å². The highest BCUT2D eigenvalue weighted by atomic mass is 16.4. The maximum absolute atomic E-state index is 12.5. The van der Waals surface area contributed by atoms with Gasteiger partial charge in [-0.3, -0.25) is 9.59 Å². The van der Waals surface area contributed by atoms with Gasteiger partial charge in [0.05, 0.1) is 0 Å². The van der Waals surface area contributed by atoms with E-state index in [1.807, 2.05) is 26.0 Å². The first-order chi connectivity index (χ1) is 14.3. The number of carbonyl (C=O) groups is 1. The van der Waals surface area contributed by atoms with Crippen molar-refractivity contribution < 1.29 is 14.3 Å². The van der Waals surface area contributed by atoms with Crippen LogP contribution in [0.5, 0.6) is 5.75 Å². The van der Waals surface area contributed by atoms with Crippen molar-refractivity contribution in [1.29, 1.82) is 0 Å². The normalized spacial score (nSPS) is 10.9. The lowest BCUT2D eigenvalue weighted by Gasteiger charge is -2.21. The van der Waals surface area contributed by atoms with E-state index in [0.29, 0.717) is 23.1 Å². The maximum atomic E-state index is 12.5. The van der Waals surface area contributed by atoms with Gasteiger partial charge in [-0.1, -0.05) is 0 Å². The molecule has 3 aromatic rings. The molecule has 8 nitrogen and oxygen atoms in total. The SMILES string of the molecule is CCN(CC)c1ccc2cc(C(=O)NCCc3cc(=O)c(O)cn3C)c(=O)oc2c1. The number of anilines is 1. The Balaban J connectivity index is 1.76. The van der Waals surface area contributed by atoms with Crippen LogP contribution in [0.3, 0.4) is 0 Å². The van der Waals surface area contributed by atoms with Crippen molar-refractivity contribution in [3.05, 3.63) is 68.4 Å². The predicted octanol–water partition coefficient (Wildman–Crippen LogP) is 2.02. The second kappa shape index (κ2) is 8.86. The molecule has 0 atom stereocenters. The van der Waals surface area contributed by atoms with Crippen molar-refractivity contribution in [1.82, 2.24) is 9.88 Å². The molecule has 2 heterocycles. The lowest BCUT2D eigenvalue weighted by atomic mass is 10.1. The van der Waals surface area contributed by atoms with Crippen LogP contribution in [0.4, 0.5) is 5.69 Å². The summed E-state index contributed by atoms with van der Waals surface area (Å²) >= 11 is 0. The third-order valence-electron chi connectivity index (χ3n) is 5.08. The Morgan fingerprint density at radius 2 is 1.90 bits per heavy atom. The predicted molar refractivity (Wildman–Crippen MR) is 115 cm³/mol. The summed E-state index contributed by atoms with van der Waals surface area (Å²) in [4.78, 5) is 38.5. The van der Waals surface area contributed by atoms with E-state index in [1.54, 1.807) is 17.7 Å². The average molecular weight is 411 g/mol. The van der Waals surface area contributed by atoms with Gasteiger partial charge < -0.3 is 24.3 Å². The van der Waals surface area contributed by atoms with Crippen LogP contribution in [0.2, 0.25) is 0 Å². The average Bonchev–Trinajstić information content (AvgIpc) is 2.72. The van der Waals surface area contributed by atoms with Crippen molar-refractivity contribution in [2.45, 2.75) is 20.3 Å². The van der Waals surface area contributed by atoms with Crippen LogP contribution in [0.15, 0.2) is 50.5 Å². The molecule has 3 rings (SSSR count). The van der Waals surface area contributed by atoms with Gasteiger partial charge in [0.15, 0.2) is 5.75 Å². The number of benzene rings is 1. The fourth-order valence-electron chi connectivity index (χ4n) is 3.35. The molecule has 0 bridgehead atoms. The molecule has 0 spiro atoms. The van der Waals surface area contributed by atoms with Crippen LogP contribution in [-0.4, -0.2) is 35.2 Å². The van der Waals surface area contributed by atoms with Crippen LogP contribution in [0.25, 0.3) is 11.0 Å². The fraction of sp³-hybridized carbons (Fsp3) is 0.318. The fourth-order valence-corrected chi connectivity index (χ4v) is 3.35. The van der Waals surface area contributed by atoms with Crippen molar-refractivity contribution in [2.75, 3.05) is 24.5 Å². The number of rotatable bonds is 7. The number of fused-ring (bicyclic) bond motifs is 1. The second-order valence-corrected chi connectivity index (χ2v) is 6.97. The summed E-state index contributed by atoms with van der Waals surface area (Å²) in [6.45, 7) is 5.98. The van der Waals surface area contributed by atoms with Gasteiger partial charge in [-0.15, -0.1) is 0 Å². The zero-order valence-electron chi connectivity index (χ0n) is 17.3. The molecule has 2 N–H and O–H groups in total. The van der Waals surface area contributed by atoms with Crippen molar-refractivity contribution in [2.24, 2.45) is 7.05 Å². The molecule has 2 aromatic heterocycles. The van der Waals surface area contributed by atoms with E-state index in [1.165, 1.54) is 18.3 Å². The van der Waals surface area contributed by atoms with Crippen LogP contribution in [0.1, 0.15) is 29.9 Å². The van der Waals surface area contributed by atoms with E-state index in [4.69, 9.17) is 4.42 Å². The lowest BCUT2D eigenvalue weighted by molar-refractivity contribution is 0.0950. The molecule has 0 aliphatic heterocycles. The van der Waals surface area contributed by atoms with Crippen LogP contribution >= 0.6 is 0 Å². The van der Waals surface area contributed by atoms with Gasteiger partial charge in [0.1, 0.15) is 11.1 Å². The minimum absolute atomic E-state index is 0.0716. The monoisotopic (exact) mass is 411 g/mol. The minimum atomic E-state index is -0.700. The van der Waals surface area contributed by atoms with Gasteiger partial charge in [-0.2, -0.15) is 0 Å². The molecule has 0 saturated carbocycles. The molecule has 0 aliphatic rings. The molecule has 158 valence electrons. The summed E-state index contributed by atoms with van der Waals surface area (Å²) in [5.41, 5.74) is 0.778. The standard InChI is InChI=1S/C22H25N3O5/c1-4-25(5-2)16-7-6-14-10-17(22(29)30-20(14)12-16)21(28)23-9-8-15-11-18(26)19(27)13-24(15)3/h6-7,10-13,27H,4-5,8-9H2,1-3H3,(H,23,28). The van der Waals surface area contributed by atoms with Gasteiger partial charge >= 0.3 is 5.63 Å². The number of amides is 1. The topological polar surface area (TPSA) is 105 Å². The highest BCUT2D eigenvalue weighted by molar-refractivity contribution is 5.97. The molecule has 1 amide bonds. The van der Waals surface area contributed by atoms with Crippen molar-refractivity contribution >= 4 is 22.6 Å². The Morgan fingerprint density at radius 3 is 2.60 bits per heavy atom. The number of hydrogen-bond donors (Lipinski definition) is 2. The van der Waals surface area contributed by atoms with Gasteiger partial charge in [0.25, 0.3) is 5.91 Å². The third kappa shape index (κ3) is 4.37. The molecule has 8 heteroatoms. The number of nitrogens with one attached hydrogen (secondary N) is 1. The number of aryl methyl sites for hydroxylation is 1. The number of aromatic nitrogens is 1. The van der Waals surface area contributed by atoms with Gasteiger partial charge in [0.2, 0.25) is 5.43 Å². The molecule has 1 aromatic carbocycles. The number of aromatic hydroxyl groups is 1. The van der Waals surface area contributed by atoms with E-state index < -0.39 is 17.0 Å². The summed E-state index contributed by atoms with van der Waals surface area (Å²) < 4.78 is 7.00. The molecular formula is C22H25N3O5. The molecule has 30 heavy (non-hydrogen) atoms. The van der Waals surface area contributed by atoms with E-state index >= 15 is 0 Å². The summed E-state index contributed by atoms with van der Waals surface area (Å²) in [5, 5.41) is 12.8. The lowest BCUT2D eigenvalue weighted by Crippen LogP contribution is -2.30. The highest BCUT2D eigenvalue weighted by Crippen LogP contribution is 2.22. The van der Waals surface area contributed by atoms with Crippen LogP contribution in [0, 0.1) is 0 Å². The van der Waals surface area contributed by atoms with E-state index in [0.717, 1.165) is 18.8 Å². The van der Waals surface area contributed by atoms with Gasteiger partial charge in [-0.05, 0) is 32.0 Å². The molecule has 0 saturated heterocycles. The molecule has 0 radical (unpaired) electrons. The quantitative estimate of drug-likeness (QED) is 0.577. The number of nitrogens with zero attached hydrogens (tertiary/aromatic N) is 2. The Hall–Kier alpha value is -3.55.